The third-order valence-electron chi connectivity index (χ3n) is 3.63. The summed E-state index contributed by atoms with van der Waals surface area (Å²) >= 11 is 3.35. The van der Waals surface area contributed by atoms with Crippen LogP contribution in [0, 0.1) is 0 Å². The monoisotopic (exact) mass is 325 g/mol. The summed E-state index contributed by atoms with van der Waals surface area (Å²) in [7, 11) is 0. The normalized spacial score (nSPS) is 19.6. The summed E-state index contributed by atoms with van der Waals surface area (Å²) in [6.07, 6.45) is 0.311. The van der Waals surface area contributed by atoms with E-state index in [2.05, 4.69) is 15.9 Å². The van der Waals surface area contributed by atoms with Crippen molar-refractivity contribution in [2.75, 3.05) is 18.0 Å². The Kier molecular flexibility index (Phi) is 4.37. The van der Waals surface area contributed by atoms with Crippen LogP contribution in [0.5, 0.6) is 0 Å². The number of halogens is 1. The molecule has 2 amide bonds. The van der Waals surface area contributed by atoms with Crippen molar-refractivity contribution >= 4 is 33.4 Å². The van der Waals surface area contributed by atoms with E-state index in [0.29, 0.717) is 12.1 Å². The van der Waals surface area contributed by atoms with Gasteiger partial charge in [-0.25, -0.2) is 4.90 Å². The lowest BCUT2D eigenvalue weighted by molar-refractivity contribution is -0.911. The van der Waals surface area contributed by atoms with Crippen molar-refractivity contribution in [3.05, 3.63) is 28.7 Å². The van der Waals surface area contributed by atoms with Gasteiger partial charge in [0.1, 0.15) is 0 Å². The average molecular weight is 326 g/mol. The standard InChI is InChI=1S/C14H17BrN2O2/c1-3-16(4-2)12-9-13(18)17(14(12)19)11-7-5-10(15)6-8-11/h5-8,12H,3-4,9H2,1-2H3/p+1/t12-/m0/s1. The van der Waals surface area contributed by atoms with E-state index in [9.17, 15) is 9.59 Å². The summed E-state index contributed by atoms with van der Waals surface area (Å²) in [6, 6.07) is 7.03. The first-order valence-corrected chi connectivity index (χ1v) is 7.34. The van der Waals surface area contributed by atoms with Crippen LogP contribution in [0.15, 0.2) is 28.7 Å². The van der Waals surface area contributed by atoms with Gasteiger partial charge in [-0.2, -0.15) is 0 Å². The first-order chi connectivity index (χ1) is 9.08. The Balaban J connectivity index is 2.26. The molecule has 4 nitrogen and oxygen atoms in total. The quantitative estimate of drug-likeness (QED) is 0.839. The zero-order valence-electron chi connectivity index (χ0n) is 11.1. The van der Waals surface area contributed by atoms with Crippen LogP contribution in [0.2, 0.25) is 0 Å². The lowest BCUT2D eigenvalue weighted by Gasteiger charge is -2.21. The maximum absolute atomic E-state index is 12.4. The van der Waals surface area contributed by atoms with Crippen LogP contribution in [-0.2, 0) is 9.59 Å². The Labute approximate surface area is 121 Å². The first-order valence-electron chi connectivity index (χ1n) is 6.55. The fraction of sp³-hybridized carbons (Fsp3) is 0.429. The van der Waals surface area contributed by atoms with Gasteiger partial charge in [-0.1, -0.05) is 15.9 Å². The van der Waals surface area contributed by atoms with E-state index >= 15 is 0 Å². The molecule has 19 heavy (non-hydrogen) atoms. The second-order valence-electron chi connectivity index (χ2n) is 4.67. The number of nitrogens with one attached hydrogen (secondary N) is 1. The molecule has 1 saturated heterocycles. The van der Waals surface area contributed by atoms with Crippen LogP contribution in [0.1, 0.15) is 20.3 Å². The van der Waals surface area contributed by atoms with Gasteiger partial charge < -0.3 is 4.90 Å². The maximum atomic E-state index is 12.4. The Morgan fingerprint density at radius 2 is 1.79 bits per heavy atom. The highest BCUT2D eigenvalue weighted by atomic mass is 79.9. The van der Waals surface area contributed by atoms with Crippen LogP contribution in [-0.4, -0.2) is 30.9 Å². The average Bonchev–Trinajstić information content (AvgIpc) is 2.68. The Hall–Kier alpha value is -1.20. The van der Waals surface area contributed by atoms with E-state index < -0.39 is 0 Å². The molecule has 1 N–H and O–H groups in total. The fourth-order valence-corrected chi connectivity index (χ4v) is 2.82. The zero-order valence-corrected chi connectivity index (χ0v) is 12.7. The summed E-state index contributed by atoms with van der Waals surface area (Å²) in [6.45, 7) is 5.79. The molecule has 0 aliphatic carbocycles. The highest BCUT2D eigenvalue weighted by molar-refractivity contribution is 9.10. The van der Waals surface area contributed by atoms with Crippen molar-refractivity contribution in [3.63, 3.8) is 0 Å². The minimum Gasteiger partial charge on any atom is -0.325 e. The number of nitrogens with zero attached hydrogens (tertiary/aromatic N) is 1. The van der Waals surface area contributed by atoms with Gasteiger partial charge in [-0.3, -0.25) is 9.59 Å². The van der Waals surface area contributed by atoms with E-state index in [1.54, 1.807) is 12.1 Å². The number of carbonyl (C=O) groups is 2. The molecule has 102 valence electrons. The van der Waals surface area contributed by atoms with Crippen molar-refractivity contribution < 1.29 is 14.5 Å². The summed E-state index contributed by atoms with van der Waals surface area (Å²) < 4.78 is 0.932. The van der Waals surface area contributed by atoms with Gasteiger partial charge in [0.05, 0.1) is 25.2 Å². The number of anilines is 1. The lowest BCUT2D eigenvalue weighted by Crippen LogP contribution is -3.16. The van der Waals surface area contributed by atoms with Crippen LogP contribution in [0.3, 0.4) is 0 Å². The molecule has 1 atom stereocenters. The van der Waals surface area contributed by atoms with E-state index in [4.69, 9.17) is 0 Å². The number of hydrogen-bond donors (Lipinski definition) is 1. The minimum atomic E-state index is -0.230. The number of imide groups is 1. The van der Waals surface area contributed by atoms with Crippen molar-refractivity contribution in [3.8, 4) is 0 Å². The molecule has 0 bridgehead atoms. The van der Waals surface area contributed by atoms with Crippen LogP contribution in [0.25, 0.3) is 0 Å². The van der Waals surface area contributed by atoms with E-state index in [0.717, 1.165) is 22.5 Å². The lowest BCUT2D eigenvalue weighted by atomic mass is 10.2. The SMILES string of the molecule is CC[NH+](CC)[C@H]1CC(=O)N(c2ccc(Br)cc2)C1=O. The molecule has 0 saturated carbocycles. The molecular weight excluding hydrogens is 308 g/mol. The van der Waals surface area contributed by atoms with Gasteiger partial charge in [-0.05, 0) is 38.1 Å². The Morgan fingerprint density at radius 3 is 2.32 bits per heavy atom. The highest BCUT2D eigenvalue weighted by Crippen LogP contribution is 2.23. The second-order valence-corrected chi connectivity index (χ2v) is 5.58. The van der Waals surface area contributed by atoms with Crippen LogP contribution >= 0.6 is 15.9 Å². The molecule has 5 heteroatoms. The molecule has 1 aromatic carbocycles. The largest absolute Gasteiger partial charge is 0.325 e. The van der Waals surface area contributed by atoms with E-state index in [-0.39, 0.29) is 17.9 Å². The molecule has 1 aromatic rings. The van der Waals surface area contributed by atoms with Gasteiger partial charge in [0.2, 0.25) is 5.91 Å². The van der Waals surface area contributed by atoms with Gasteiger partial charge in [-0.15, -0.1) is 0 Å². The summed E-state index contributed by atoms with van der Waals surface area (Å²) in [5, 5.41) is 0. The zero-order chi connectivity index (χ0) is 14.0. The molecule has 1 aliphatic rings. The molecule has 2 rings (SSSR count). The van der Waals surface area contributed by atoms with Crippen molar-refractivity contribution in [2.45, 2.75) is 26.3 Å². The Morgan fingerprint density at radius 1 is 1.21 bits per heavy atom. The summed E-state index contributed by atoms with van der Waals surface area (Å²) in [4.78, 5) is 27.0. The molecule has 0 unspecified atom stereocenters. The van der Waals surface area contributed by atoms with Gasteiger partial charge in [0, 0.05) is 4.47 Å². The molecule has 0 radical (unpaired) electrons. The topological polar surface area (TPSA) is 41.8 Å². The van der Waals surface area contributed by atoms with Crippen LogP contribution < -0.4 is 9.80 Å². The predicted octanol–water partition coefficient (Wildman–Crippen LogP) is 1.01. The summed E-state index contributed by atoms with van der Waals surface area (Å²) in [5.41, 5.74) is 0.659. The van der Waals surface area contributed by atoms with Gasteiger partial charge >= 0.3 is 0 Å². The molecule has 0 aromatic heterocycles. The number of amides is 2. The van der Waals surface area contributed by atoms with Crippen molar-refractivity contribution in [1.29, 1.82) is 0 Å². The molecule has 0 spiro atoms. The first kappa shape index (κ1) is 14.2. The fourth-order valence-electron chi connectivity index (χ4n) is 2.56. The summed E-state index contributed by atoms with van der Waals surface area (Å²) in [5.74, 6) is -0.178. The number of benzene rings is 1. The number of quaternary nitrogens is 1. The molecule has 1 aliphatic heterocycles. The number of rotatable bonds is 4. The third-order valence-corrected chi connectivity index (χ3v) is 4.16. The second kappa shape index (κ2) is 5.84. The minimum absolute atomic E-state index is 0.0778. The number of hydrogen-bond acceptors (Lipinski definition) is 2. The van der Waals surface area contributed by atoms with Crippen LogP contribution in [0.4, 0.5) is 5.69 Å². The van der Waals surface area contributed by atoms with Gasteiger partial charge in [0.15, 0.2) is 6.04 Å². The number of carbonyl (C=O) groups excluding carboxylic acids is 2. The molecule has 1 heterocycles. The van der Waals surface area contributed by atoms with Crippen molar-refractivity contribution in [2.24, 2.45) is 0 Å². The van der Waals surface area contributed by atoms with E-state index in [1.165, 1.54) is 4.90 Å². The maximum Gasteiger partial charge on any atom is 0.292 e. The third kappa shape index (κ3) is 2.72. The number of likely N-dealkylation sites (N-methyl/N-ethyl adjacent to an activating group) is 1. The molecule has 1 fully saturated rings. The van der Waals surface area contributed by atoms with Crippen molar-refractivity contribution in [1.82, 2.24) is 0 Å². The predicted molar refractivity (Wildman–Crippen MR) is 77.1 cm³/mol. The van der Waals surface area contributed by atoms with E-state index in [1.807, 2.05) is 26.0 Å². The smallest absolute Gasteiger partial charge is 0.292 e. The Bertz CT molecular complexity index is 483. The molecular formula is C14H18BrN2O2+. The highest BCUT2D eigenvalue weighted by Gasteiger charge is 2.44. The van der Waals surface area contributed by atoms with Gasteiger partial charge in [0.25, 0.3) is 5.91 Å².